The molecule has 0 unspecified atom stereocenters. The minimum Gasteiger partial charge on any atom is -0.444 e. The fraction of sp³-hybridized carbons (Fsp3) is 0.632. The number of benzene rings is 1. The van der Waals surface area contributed by atoms with Crippen molar-refractivity contribution >= 4 is 57.5 Å². The number of hydrogen-bond acceptors (Lipinski definition) is 2. The predicted octanol–water partition coefficient (Wildman–Crippen LogP) is 4.96. The van der Waals surface area contributed by atoms with Crippen LogP contribution in [-0.4, -0.2) is 81.1 Å². The van der Waals surface area contributed by atoms with Crippen molar-refractivity contribution in [3.05, 3.63) is 35.6 Å². The third-order valence-corrected chi connectivity index (χ3v) is 4.40. The second-order valence-electron chi connectivity index (χ2n) is 7.66. The fourth-order valence-corrected chi connectivity index (χ4v) is 2.95. The second kappa shape index (κ2) is 9.91. The Balaban J connectivity index is 0.00000338. The zero-order valence-electron chi connectivity index (χ0n) is 16.0. The number of hydrogen-bond donors (Lipinski definition) is 0. The molecular formula is C19H26F3KNO2. The number of nitrogens with zero attached hydrogens (tertiary/aromatic N) is 1. The normalized spacial score (nSPS) is 16.2. The Hall–Kier alpha value is -0.0836. The van der Waals surface area contributed by atoms with Crippen LogP contribution in [0.15, 0.2) is 24.3 Å². The molecule has 0 atom stereocenters. The number of halogens is 3. The maximum Gasteiger partial charge on any atom is 0.410 e. The monoisotopic (exact) mass is 396 g/mol. The van der Waals surface area contributed by atoms with Gasteiger partial charge in [0.1, 0.15) is 11.4 Å². The van der Waals surface area contributed by atoms with E-state index < -0.39 is 17.3 Å². The molecule has 1 heterocycles. The summed E-state index contributed by atoms with van der Waals surface area (Å²) in [6.07, 6.45) is 1.15. The summed E-state index contributed by atoms with van der Waals surface area (Å²) in [5.74, 6) is -3.32. The summed E-state index contributed by atoms with van der Waals surface area (Å²) >= 11 is 0. The van der Waals surface area contributed by atoms with Crippen LogP contribution in [-0.2, 0) is 10.7 Å². The van der Waals surface area contributed by atoms with E-state index in [0.29, 0.717) is 32.4 Å². The van der Waals surface area contributed by atoms with Gasteiger partial charge in [-0.25, -0.2) is 18.0 Å². The standard InChI is InChI=1S/C19H26F3NO2.K/c1-18(2,3)25-17(24)23-12-9-14(10-13-23)8-11-19(21,22)15-4-6-16(20)7-5-15;/h4-7,14H,8-13H2,1-3H3;. The van der Waals surface area contributed by atoms with Gasteiger partial charge in [-0.15, -0.1) is 0 Å². The van der Waals surface area contributed by atoms with E-state index in [-0.39, 0.29) is 75.4 Å². The first kappa shape index (κ1) is 24.0. The van der Waals surface area contributed by atoms with E-state index in [1.54, 1.807) is 4.90 Å². The summed E-state index contributed by atoms with van der Waals surface area (Å²) in [5, 5.41) is 0. The molecule has 0 saturated carbocycles. The van der Waals surface area contributed by atoms with Crippen molar-refractivity contribution in [3.63, 3.8) is 0 Å². The Morgan fingerprint density at radius 2 is 1.69 bits per heavy atom. The molecule has 3 nitrogen and oxygen atoms in total. The van der Waals surface area contributed by atoms with Crippen LogP contribution in [0.2, 0.25) is 0 Å². The largest absolute Gasteiger partial charge is 0.444 e. The van der Waals surface area contributed by atoms with Crippen molar-refractivity contribution < 1.29 is 22.7 Å². The smallest absolute Gasteiger partial charge is 0.410 e. The van der Waals surface area contributed by atoms with E-state index in [1.807, 2.05) is 20.8 Å². The van der Waals surface area contributed by atoms with Crippen molar-refractivity contribution in [1.29, 1.82) is 0 Å². The van der Waals surface area contributed by atoms with Gasteiger partial charge in [-0.2, -0.15) is 0 Å². The summed E-state index contributed by atoms with van der Waals surface area (Å²) in [4.78, 5) is 13.6. The topological polar surface area (TPSA) is 29.5 Å². The molecular weight excluding hydrogens is 370 g/mol. The summed E-state index contributed by atoms with van der Waals surface area (Å²) in [7, 11) is 0. The van der Waals surface area contributed by atoms with Crippen LogP contribution in [0.5, 0.6) is 0 Å². The maximum atomic E-state index is 14.2. The minimum absolute atomic E-state index is 0. The molecule has 1 aliphatic rings. The molecule has 1 aromatic carbocycles. The molecule has 7 heteroatoms. The molecule has 2 rings (SSSR count). The first-order chi connectivity index (χ1) is 11.6. The number of amides is 1. The van der Waals surface area contributed by atoms with Crippen molar-refractivity contribution in [1.82, 2.24) is 4.90 Å². The maximum absolute atomic E-state index is 14.2. The molecule has 0 N–H and O–H groups in total. The number of rotatable bonds is 4. The van der Waals surface area contributed by atoms with Crippen molar-refractivity contribution in [3.8, 4) is 0 Å². The van der Waals surface area contributed by atoms with Crippen molar-refractivity contribution in [2.45, 2.75) is 58.0 Å². The Labute approximate surface area is 196 Å². The number of carbonyl (C=O) groups is 1. The van der Waals surface area contributed by atoms with E-state index in [9.17, 15) is 18.0 Å². The molecule has 1 saturated heterocycles. The average molecular weight is 397 g/mol. The molecule has 0 bridgehead atoms. The van der Waals surface area contributed by atoms with Gasteiger partial charge in [-0.1, -0.05) is 12.1 Å². The van der Waals surface area contributed by atoms with Gasteiger partial charge in [0.05, 0.1) is 0 Å². The molecule has 0 aliphatic carbocycles. The molecule has 1 fully saturated rings. The van der Waals surface area contributed by atoms with E-state index in [4.69, 9.17) is 4.74 Å². The first-order valence-corrected chi connectivity index (χ1v) is 8.69. The molecule has 1 aliphatic heterocycles. The van der Waals surface area contributed by atoms with Gasteiger partial charge in [0.25, 0.3) is 5.92 Å². The summed E-state index contributed by atoms with van der Waals surface area (Å²) in [6.45, 7) is 6.50. The summed E-state index contributed by atoms with van der Waals surface area (Å²) < 4.78 is 46.7. The Morgan fingerprint density at radius 1 is 1.15 bits per heavy atom. The van der Waals surface area contributed by atoms with Gasteiger partial charge >= 0.3 is 6.09 Å². The van der Waals surface area contributed by atoms with Crippen LogP contribution < -0.4 is 0 Å². The van der Waals surface area contributed by atoms with Gasteiger partial charge in [0.15, 0.2) is 0 Å². The average Bonchev–Trinajstić information content (AvgIpc) is 2.52. The SMILES string of the molecule is CC(C)(C)OC(=O)N1CCC(CCC(F)(F)c2ccc(F)cc2)CC1.[K]. The molecule has 0 spiro atoms. The molecule has 1 radical (unpaired) electrons. The Kier molecular flexibility index (Phi) is 9.13. The van der Waals surface area contributed by atoms with Gasteiger partial charge in [0.2, 0.25) is 0 Å². The summed E-state index contributed by atoms with van der Waals surface area (Å²) in [6, 6.07) is 4.39. The van der Waals surface area contributed by atoms with Gasteiger partial charge in [-0.3, -0.25) is 0 Å². The van der Waals surface area contributed by atoms with Gasteiger partial charge < -0.3 is 9.64 Å². The van der Waals surface area contributed by atoms with Crippen LogP contribution in [0.25, 0.3) is 0 Å². The van der Waals surface area contributed by atoms with Gasteiger partial charge in [-0.05, 0) is 58.1 Å². The van der Waals surface area contributed by atoms with Gasteiger partial charge in [0, 0.05) is 76.5 Å². The molecule has 1 aromatic rings. The van der Waals surface area contributed by atoms with E-state index >= 15 is 0 Å². The molecule has 26 heavy (non-hydrogen) atoms. The molecule has 141 valence electrons. The second-order valence-corrected chi connectivity index (χ2v) is 7.66. The fourth-order valence-electron chi connectivity index (χ4n) is 2.95. The van der Waals surface area contributed by atoms with Crippen LogP contribution in [0.3, 0.4) is 0 Å². The quantitative estimate of drug-likeness (QED) is 0.673. The molecule has 0 aromatic heterocycles. The third-order valence-electron chi connectivity index (χ3n) is 4.40. The molecule has 1 amide bonds. The first-order valence-electron chi connectivity index (χ1n) is 8.69. The summed E-state index contributed by atoms with van der Waals surface area (Å²) in [5.41, 5.74) is -0.689. The number of piperidine rings is 1. The van der Waals surface area contributed by atoms with Crippen LogP contribution in [0, 0.1) is 11.7 Å². The number of carbonyl (C=O) groups excluding carboxylic acids is 1. The van der Waals surface area contributed by atoms with Crippen molar-refractivity contribution in [2.24, 2.45) is 5.92 Å². The van der Waals surface area contributed by atoms with E-state index in [2.05, 4.69) is 0 Å². The van der Waals surface area contributed by atoms with Crippen LogP contribution in [0.4, 0.5) is 18.0 Å². The Morgan fingerprint density at radius 3 is 2.19 bits per heavy atom. The predicted molar refractivity (Wildman–Crippen MR) is 95.8 cm³/mol. The van der Waals surface area contributed by atoms with Crippen LogP contribution >= 0.6 is 0 Å². The zero-order chi connectivity index (χ0) is 18.7. The van der Waals surface area contributed by atoms with Crippen LogP contribution in [0.1, 0.15) is 52.0 Å². The number of ether oxygens (including phenoxy) is 1. The minimum atomic E-state index is -2.96. The Bertz CT molecular complexity index is 579. The third kappa shape index (κ3) is 7.50. The van der Waals surface area contributed by atoms with E-state index in [1.165, 1.54) is 0 Å². The van der Waals surface area contributed by atoms with Crippen molar-refractivity contribution in [2.75, 3.05) is 13.1 Å². The zero-order valence-corrected chi connectivity index (χ0v) is 19.2. The number of alkyl halides is 2. The van der Waals surface area contributed by atoms with E-state index in [0.717, 1.165) is 24.3 Å². The number of likely N-dealkylation sites (tertiary alicyclic amines) is 1.